The molecule has 3 amide bonds. The van der Waals surface area contributed by atoms with Gasteiger partial charge in [0, 0.05) is 30.8 Å². The Morgan fingerprint density at radius 1 is 1.14 bits per heavy atom. The zero-order chi connectivity index (χ0) is 20.1. The SMILES string of the molecule is CC(=O)NCc1ccc(C(=O)Nc2ccccc2N2CCC(C(N)=O)CC2)s1. The second-order valence-corrected chi connectivity index (χ2v) is 7.98. The van der Waals surface area contributed by atoms with E-state index in [9.17, 15) is 14.4 Å². The number of hydrogen-bond donors (Lipinski definition) is 3. The summed E-state index contributed by atoms with van der Waals surface area (Å²) in [7, 11) is 0. The van der Waals surface area contributed by atoms with Gasteiger partial charge in [-0.3, -0.25) is 14.4 Å². The lowest BCUT2D eigenvalue weighted by Crippen LogP contribution is -2.38. The number of anilines is 2. The summed E-state index contributed by atoms with van der Waals surface area (Å²) >= 11 is 1.36. The molecule has 1 aromatic carbocycles. The molecule has 1 aliphatic heterocycles. The van der Waals surface area contributed by atoms with Gasteiger partial charge in [-0.25, -0.2) is 0 Å². The molecule has 0 aliphatic carbocycles. The lowest BCUT2D eigenvalue weighted by Gasteiger charge is -2.33. The summed E-state index contributed by atoms with van der Waals surface area (Å²) in [4.78, 5) is 38.8. The molecule has 3 rings (SSSR count). The molecule has 1 aliphatic rings. The van der Waals surface area contributed by atoms with E-state index in [1.807, 2.05) is 30.3 Å². The first-order chi connectivity index (χ1) is 13.4. The highest BCUT2D eigenvalue weighted by atomic mass is 32.1. The molecule has 4 N–H and O–H groups in total. The Morgan fingerprint density at radius 2 is 1.86 bits per heavy atom. The molecule has 0 radical (unpaired) electrons. The normalized spacial score (nSPS) is 14.5. The number of benzene rings is 1. The fourth-order valence-electron chi connectivity index (χ4n) is 3.25. The molecule has 2 heterocycles. The van der Waals surface area contributed by atoms with Crippen LogP contribution in [0.4, 0.5) is 11.4 Å². The maximum Gasteiger partial charge on any atom is 0.265 e. The predicted molar refractivity (Wildman–Crippen MR) is 110 cm³/mol. The van der Waals surface area contributed by atoms with E-state index >= 15 is 0 Å². The van der Waals surface area contributed by atoms with Crippen molar-refractivity contribution >= 4 is 40.4 Å². The van der Waals surface area contributed by atoms with Crippen molar-refractivity contribution in [2.24, 2.45) is 11.7 Å². The van der Waals surface area contributed by atoms with Crippen molar-refractivity contribution in [1.82, 2.24) is 5.32 Å². The van der Waals surface area contributed by atoms with E-state index in [1.54, 1.807) is 6.07 Å². The Morgan fingerprint density at radius 3 is 2.54 bits per heavy atom. The molecule has 7 nitrogen and oxygen atoms in total. The fraction of sp³-hybridized carbons (Fsp3) is 0.350. The molecule has 0 spiro atoms. The van der Waals surface area contributed by atoms with E-state index in [2.05, 4.69) is 15.5 Å². The Balaban J connectivity index is 1.67. The minimum atomic E-state index is -0.242. The van der Waals surface area contributed by atoms with Crippen molar-refractivity contribution in [1.29, 1.82) is 0 Å². The molecule has 0 atom stereocenters. The average Bonchev–Trinajstić information content (AvgIpc) is 3.16. The van der Waals surface area contributed by atoms with Crippen molar-refractivity contribution < 1.29 is 14.4 Å². The molecule has 0 unspecified atom stereocenters. The Bertz CT molecular complexity index is 872. The highest BCUT2D eigenvalue weighted by Gasteiger charge is 2.24. The fourth-order valence-corrected chi connectivity index (χ4v) is 4.09. The van der Waals surface area contributed by atoms with Crippen molar-refractivity contribution in [2.75, 3.05) is 23.3 Å². The van der Waals surface area contributed by atoms with E-state index in [4.69, 9.17) is 5.73 Å². The van der Waals surface area contributed by atoms with Gasteiger partial charge in [0.05, 0.1) is 22.8 Å². The lowest BCUT2D eigenvalue weighted by atomic mass is 9.96. The molecule has 2 aromatic rings. The summed E-state index contributed by atoms with van der Waals surface area (Å²) < 4.78 is 0. The molecule has 28 heavy (non-hydrogen) atoms. The number of para-hydroxylation sites is 2. The number of nitrogens with zero attached hydrogens (tertiary/aromatic N) is 1. The summed E-state index contributed by atoms with van der Waals surface area (Å²) in [6.07, 6.45) is 1.43. The molecular formula is C20H24N4O3S. The van der Waals surface area contributed by atoms with Gasteiger partial charge in [-0.05, 0) is 37.1 Å². The number of nitrogens with one attached hydrogen (secondary N) is 2. The van der Waals surface area contributed by atoms with E-state index in [0.29, 0.717) is 11.4 Å². The van der Waals surface area contributed by atoms with Crippen LogP contribution in [0.1, 0.15) is 34.3 Å². The van der Waals surface area contributed by atoms with Gasteiger partial charge in [0.15, 0.2) is 0 Å². The number of carbonyl (C=O) groups excluding carboxylic acids is 3. The van der Waals surface area contributed by atoms with Gasteiger partial charge in [0.1, 0.15) is 0 Å². The maximum atomic E-state index is 12.7. The van der Waals surface area contributed by atoms with Gasteiger partial charge in [0.25, 0.3) is 5.91 Å². The first-order valence-corrected chi connectivity index (χ1v) is 10.0. The lowest BCUT2D eigenvalue weighted by molar-refractivity contribution is -0.122. The summed E-state index contributed by atoms with van der Waals surface area (Å²) in [5, 5.41) is 5.71. The number of nitrogens with two attached hydrogens (primary N) is 1. The summed E-state index contributed by atoms with van der Waals surface area (Å²) in [6.45, 7) is 3.32. The first-order valence-electron chi connectivity index (χ1n) is 9.22. The maximum absolute atomic E-state index is 12.7. The van der Waals surface area contributed by atoms with Crippen LogP contribution >= 0.6 is 11.3 Å². The molecular weight excluding hydrogens is 376 g/mol. The van der Waals surface area contributed by atoms with Gasteiger partial charge in [0.2, 0.25) is 11.8 Å². The smallest absolute Gasteiger partial charge is 0.265 e. The van der Waals surface area contributed by atoms with Gasteiger partial charge < -0.3 is 21.3 Å². The van der Waals surface area contributed by atoms with Crippen LogP contribution in [0.2, 0.25) is 0 Å². The van der Waals surface area contributed by atoms with Crippen LogP contribution in [0.3, 0.4) is 0 Å². The van der Waals surface area contributed by atoms with Crippen LogP contribution in [0.5, 0.6) is 0 Å². The number of rotatable bonds is 6. The van der Waals surface area contributed by atoms with Gasteiger partial charge in [-0.15, -0.1) is 11.3 Å². The highest BCUT2D eigenvalue weighted by Crippen LogP contribution is 2.30. The van der Waals surface area contributed by atoms with Crippen LogP contribution in [-0.2, 0) is 16.1 Å². The quantitative estimate of drug-likeness (QED) is 0.692. The Labute approximate surface area is 167 Å². The standard InChI is InChI=1S/C20H24N4O3S/c1-13(25)22-12-15-6-7-18(28-15)20(27)23-16-4-2-3-5-17(16)24-10-8-14(9-11-24)19(21)26/h2-7,14H,8-12H2,1H3,(H2,21,26)(H,22,25)(H,23,27). The van der Waals surface area contributed by atoms with Gasteiger partial charge >= 0.3 is 0 Å². The van der Waals surface area contributed by atoms with Crippen LogP contribution in [0.25, 0.3) is 0 Å². The van der Waals surface area contributed by atoms with E-state index in [1.165, 1.54) is 18.3 Å². The second kappa shape index (κ2) is 8.88. The Hall–Kier alpha value is -2.87. The van der Waals surface area contributed by atoms with Gasteiger partial charge in [-0.2, -0.15) is 0 Å². The second-order valence-electron chi connectivity index (χ2n) is 6.81. The van der Waals surface area contributed by atoms with Crippen LogP contribution in [-0.4, -0.2) is 30.8 Å². The number of piperidine rings is 1. The molecule has 1 aromatic heterocycles. The third kappa shape index (κ3) is 4.89. The van der Waals surface area contributed by atoms with Crippen molar-refractivity contribution in [3.63, 3.8) is 0 Å². The summed E-state index contributed by atoms with van der Waals surface area (Å²) in [6, 6.07) is 11.3. The molecule has 8 heteroatoms. The first kappa shape index (κ1) is 19.9. The van der Waals surface area contributed by atoms with E-state index in [0.717, 1.165) is 42.2 Å². The van der Waals surface area contributed by atoms with Crippen molar-refractivity contribution in [3.8, 4) is 0 Å². The minimum Gasteiger partial charge on any atom is -0.370 e. The number of thiophene rings is 1. The van der Waals surface area contributed by atoms with Crippen molar-refractivity contribution in [3.05, 3.63) is 46.2 Å². The number of carbonyl (C=O) groups is 3. The average molecular weight is 401 g/mol. The van der Waals surface area contributed by atoms with Crippen LogP contribution < -0.4 is 21.3 Å². The topological polar surface area (TPSA) is 105 Å². The third-order valence-corrected chi connectivity index (χ3v) is 5.87. The largest absolute Gasteiger partial charge is 0.370 e. The third-order valence-electron chi connectivity index (χ3n) is 4.79. The van der Waals surface area contributed by atoms with E-state index < -0.39 is 0 Å². The van der Waals surface area contributed by atoms with Crippen molar-refractivity contribution in [2.45, 2.75) is 26.3 Å². The summed E-state index contributed by atoms with van der Waals surface area (Å²) in [5.41, 5.74) is 7.09. The van der Waals surface area contributed by atoms with Crippen LogP contribution in [0, 0.1) is 5.92 Å². The molecule has 1 fully saturated rings. The minimum absolute atomic E-state index is 0.0776. The predicted octanol–water partition coefficient (Wildman–Crippen LogP) is 2.34. The number of hydrogen-bond acceptors (Lipinski definition) is 5. The molecule has 0 saturated carbocycles. The van der Waals surface area contributed by atoms with Gasteiger partial charge in [-0.1, -0.05) is 12.1 Å². The number of primary amides is 1. The Kier molecular flexibility index (Phi) is 6.30. The number of amides is 3. The highest BCUT2D eigenvalue weighted by molar-refractivity contribution is 7.14. The molecule has 1 saturated heterocycles. The monoisotopic (exact) mass is 400 g/mol. The van der Waals surface area contributed by atoms with E-state index in [-0.39, 0.29) is 23.6 Å². The summed E-state index contributed by atoms with van der Waals surface area (Å²) in [5.74, 6) is -0.605. The zero-order valence-electron chi connectivity index (χ0n) is 15.7. The van der Waals surface area contributed by atoms with Crippen LogP contribution in [0.15, 0.2) is 36.4 Å². The molecule has 0 bridgehead atoms. The zero-order valence-corrected chi connectivity index (χ0v) is 16.6. The molecule has 148 valence electrons.